The van der Waals surface area contributed by atoms with Gasteiger partial charge in [-0.2, -0.15) is 0 Å². The Morgan fingerprint density at radius 2 is 0.933 bits per heavy atom. The van der Waals surface area contributed by atoms with Gasteiger partial charge in [-0.05, 0) is 53.1 Å². The molecule has 0 aliphatic rings. The summed E-state index contributed by atoms with van der Waals surface area (Å²) >= 11 is 0. The van der Waals surface area contributed by atoms with Gasteiger partial charge in [0.05, 0.1) is 0 Å². The predicted octanol–water partition coefficient (Wildman–Crippen LogP) is 5.90. The first-order valence-electron chi connectivity index (χ1n) is 9.54. The van der Waals surface area contributed by atoms with E-state index in [4.69, 9.17) is 0 Å². The number of ether oxygens (including phenoxy) is 1. The third-order valence-electron chi connectivity index (χ3n) is 4.93. The van der Waals surface area contributed by atoms with E-state index in [1.54, 1.807) is 12.1 Å². The first-order chi connectivity index (χ1) is 14.1. The Labute approximate surface area is 175 Å². The van der Waals surface area contributed by atoms with Crippen LogP contribution < -0.4 is 14.5 Å². The Balaban J connectivity index is 2.00. The minimum Gasteiger partial charge on any atom is -0.406 e. The molecule has 6 heteroatoms. The molecule has 0 saturated carbocycles. The number of rotatable bonds is 6. The van der Waals surface area contributed by atoms with Gasteiger partial charge in [-0.3, -0.25) is 0 Å². The molecule has 3 aromatic rings. The van der Waals surface area contributed by atoms with E-state index in [0.717, 1.165) is 28.1 Å². The van der Waals surface area contributed by atoms with E-state index >= 15 is 0 Å². The zero-order valence-electron chi connectivity index (χ0n) is 17.4. The van der Waals surface area contributed by atoms with E-state index in [0.29, 0.717) is 0 Å². The molecule has 0 aliphatic carbocycles. The zero-order valence-corrected chi connectivity index (χ0v) is 17.4. The molecule has 0 fully saturated rings. The predicted molar refractivity (Wildman–Crippen MR) is 116 cm³/mol. The van der Waals surface area contributed by atoms with Crippen LogP contribution in [0.15, 0.2) is 72.8 Å². The number of nitrogens with zero attached hydrogens (tertiary/aromatic N) is 2. The van der Waals surface area contributed by atoms with E-state index in [1.807, 2.05) is 62.3 Å². The van der Waals surface area contributed by atoms with Gasteiger partial charge in [0, 0.05) is 45.5 Å². The Morgan fingerprint density at radius 1 is 0.600 bits per heavy atom. The van der Waals surface area contributed by atoms with Crippen LogP contribution in [0.4, 0.5) is 24.5 Å². The summed E-state index contributed by atoms with van der Waals surface area (Å²) in [5.74, 6) is -0.340. The molecule has 0 amide bonds. The quantitative estimate of drug-likeness (QED) is 0.467. The van der Waals surface area contributed by atoms with Crippen molar-refractivity contribution in [2.24, 2.45) is 0 Å². The minimum absolute atomic E-state index is 0.114. The highest BCUT2D eigenvalue weighted by atomic mass is 19.4. The molecule has 0 atom stereocenters. The molecular formula is C24H25F3N2O. The Bertz CT molecular complexity index is 896. The normalized spacial score (nSPS) is 11.5. The van der Waals surface area contributed by atoms with Crippen molar-refractivity contribution in [1.82, 2.24) is 0 Å². The number of halogens is 3. The van der Waals surface area contributed by atoms with Crippen LogP contribution in [0.1, 0.15) is 22.6 Å². The van der Waals surface area contributed by atoms with Crippen LogP contribution in [0.2, 0.25) is 0 Å². The van der Waals surface area contributed by atoms with Crippen molar-refractivity contribution >= 4 is 11.4 Å². The lowest BCUT2D eigenvalue weighted by molar-refractivity contribution is -0.274. The molecule has 30 heavy (non-hydrogen) atoms. The van der Waals surface area contributed by atoms with Gasteiger partial charge < -0.3 is 14.5 Å². The third-order valence-corrected chi connectivity index (χ3v) is 4.93. The maximum atomic E-state index is 12.5. The topological polar surface area (TPSA) is 15.7 Å². The number of hydrogen-bond donors (Lipinski definition) is 0. The average Bonchev–Trinajstić information content (AvgIpc) is 2.69. The summed E-state index contributed by atoms with van der Waals surface area (Å²) in [5, 5.41) is 0. The van der Waals surface area contributed by atoms with E-state index in [-0.39, 0.29) is 11.7 Å². The summed E-state index contributed by atoms with van der Waals surface area (Å²) in [6, 6.07) is 22.5. The van der Waals surface area contributed by atoms with Crippen molar-refractivity contribution in [2.45, 2.75) is 12.3 Å². The summed E-state index contributed by atoms with van der Waals surface area (Å²) in [6.45, 7) is 0. The number of alkyl halides is 3. The Kier molecular flexibility index (Phi) is 6.25. The molecule has 0 unspecified atom stereocenters. The van der Waals surface area contributed by atoms with Crippen LogP contribution in [-0.4, -0.2) is 34.6 Å². The van der Waals surface area contributed by atoms with Crippen LogP contribution in [-0.2, 0) is 0 Å². The van der Waals surface area contributed by atoms with Crippen LogP contribution in [0.3, 0.4) is 0 Å². The molecule has 158 valence electrons. The van der Waals surface area contributed by atoms with Gasteiger partial charge in [0.2, 0.25) is 0 Å². The lowest BCUT2D eigenvalue weighted by Crippen LogP contribution is -2.17. The molecule has 0 spiro atoms. The van der Waals surface area contributed by atoms with E-state index in [1.165, 1.54) is 12.1 Å². The molecule has 0 aliphatic heterocycles. The Hall–Kier alpha value is -3.15. The summed E-state index contributed by atoms with van der Waals surface area (Å²) in [4.78, 5) is 4.04. The van der Waals surface area contributed by atoms with Gasteiger partial charge in [-0.1, -0.05) is 36.4 Å². The second kappa shape index (κ2) is 8.69. The van der Waals surface area contributed by atoms with E-state index in [2.05, 4.69) is 29.0 Å². The number of anilines is 2. The molecule has 3 aromatic carbocycles. The van der Waals surface area contributed by atoms with Crippen molar-refractivity contribution < 1.29 is 17.9 Å². The third kappa shape index (κ3) is 5.26. The highest BCUT2D eigenvalue weighted by Gasteiger charge is 2.31. The summed E-state index contributed by atoms with van der Waals surface area (Å²) < 4.78 is 41.5. The van der Waals surface area contributed by atoms with Crippen molar-refractivity contribution in [1.29, 1.82) is 0 Å². The first-order valence-corrected chi connectivity index (χ1v) is 9.54. The average molecular weight is 414 g/mol. The number of benzene rings is 3. The highest BCUT2D eigenvalue weighted by molar-refractivity contribution is 5.53. The molecule has 0 N–H and O–H groups in total. The summed E-state index contributed by atoms with van der Waals surface area (Å²) in [5.41, 5.74) is 5.16. The zero-order chi connectivity index (χ0) is 21.9. The molecule has 0 aromatic heterocycles. The molecule has 0 heterocycles. The van der Waals surface area contributed by atoms with Gasteiger partial charge in [0.25, 0.3) is 0 Å². The van der Waals surface area contributed by atoms with Crippen LogP contribution in [0.25, 0.3) is 0 Å². The SMILES string of the molecule is CN(C)c1ccc(C(c2ccc(OC(F)(F)F)cc2)c2ccc(N(C)C)cc2)cc1. The summed E-state index contributed by atoms with van der Waals surface area (Å²) in [7, 11) is 7.91. The van der Waals surface area contributed by atoms with E-state index < -0.39 is 6.36 Å². The van der Waals surface area contributed by atoms with Gasteiger partial charge >= 0.3 is 6.36 Å². The molecule has 3 rings (SSSR count). The maximum absolute atomic E-state index is 12.5. The van der Waals surface area contributed by atoms with Gasteiger partial charge in [-0.15, -0.1) is 13.2 Å². The second-order valence-corrected chi connectivity index (χ2v) is 7.52. The molecule has 0 saturated heterocycles. The maximum Gasteiger partial charge on any atom is 0.573 e. The van der Waals surface area contributed by atoms with Crippen LogP contribution in [0.5, 0.6) is 5.75 Å². The molecule has 0 bridgehead atoms. The lowest BCUT2D eigenvalue weighted by Gasteiger charge is -2.22. The fourth-order valence-electron chi connectivity index (χ4n) is 3.37. The molecule has 0 radical (unpaired) electrons. The fourth-order valence-corrected chi connectivity index (χ4v) is 3.37. The lowest BCUT2D eigenvalue weighted by atomic mass is 9.85. The molecule has 3 nitrogen and oxygen atoms in total. The minimum atomic E-state index is -4.70. The fraction of sp³-hybridized carbons (Fsp3) is 0.250. The van der Waals surface area contributed by atoms with Crippen molar-refractivity contribution in [2.75, 3.05) is 38.0 Å². The summed E-state index contributed by atoms with van der Waals surface area (Å²) in [6.07, 6.45) is -4.70. The van der Waals surface area contributed by atoms with Gasteiger partial charge in [0.1, 0.15) is 5.75 Å². The number of hydrogen-bond acceptors (Lipinski definition) is 3. The van der Waals surface area contributed by atoms with Crippen molar-refractivity contribution in [3.05, 3.63) is 89.5 Å². The van der Waals surface area contributed by atoms with E-state index in [9.17, 15) is 13.2 Å². The standard InChI is InChI=1S/C24H25F3N2O/c1-28(2)20-11-5-17(6-12-20)23(18-7-13-21(14-8-18)29(3)4)19-9-15-22(16-10-19)30-24(25,26)27/h5-16,23H,1-4H3. The monoisotopic (exact) mass is 414 g/mol. The van der Waals surface area contributed by atoms with Crippen molar-refractivity contribution in [3.63, 3.8) is 0 Å². The smallest absolute Gasteiger partial charge is 0.406 e. The van der Waals surface area contributed by atoms with Crippen LogP contribution >= 0.6 is 0 Å². The largest absolute Gasteiger partial charge is 0.573 e. The van der Waals surface area contributed by atoms with Gasteiger partial charge in [-0.25, -0.2) is 0 Å². The van der Waals surface area contributed by atoms with Gasteiger partial charge in [0.15, 0.2) is 0 Å². The first kappa shape index (κ1) is 21.6. The second-order valence-electron chi connectivity index (χ2n) is 7.52. The Morgan fingerprint density at radius 3 is 1.23 bits per heavy atom. The van der Waals surface area contributed by atoms with Crippen molar-refractivity contribution in [3.8, 4) is 5.75 Å². The molecular weight excluding hydrogens is 389 g/mol. The van der Waals surface area contributed by atoms with Crippen LogP contribution in [0, 0.1) is 0 Å². The highest BCUT2D eigenvalue weighted by Crippen LogP contribution is 2.35.